The maximum absolute atomic E-state index is 14.1. The SMILES string of the molecule is C[C@H](c1ccc(C(=O)CCC(C2CCC(c3ncccc3F)CC2)C2CC2)cc1)C(C)(F)F. The summed E-state index contributed by atoms with van der Waals surface area (Å²) in [4.78, 5) is 17.1. The van der Waals surface area contributed by atoms with Crippen LogP contribution in [-0.2, 0) is 0 Å². The van der Waals surface area contributed by atoms with E-state index in [1.165, 1.54) is 25.8 Å². The molecule has 1 aromatic carbocycles. The van der Waals surface area contributed by atoms with E-state index in [4.69, 9.17) is 0 Å². The van der Waals surface area contributed by atoms with Crippen LogP contribution in [0.25, 0.3) is 0 Å². The van der Waals surface area contributed by atoms with Gasteiger partial charge in [-0.1, -0.05) is 31.2 Å². The lowest BCUT2D eigenvalue weighted by Crippen LogP contribution is -2.24. The molecule has 5 heteroatoms. The number of carbonyl (C=O) groups excluding carboxylic acids is 1. The Morgan fingerprint density at radius 1 is 1.03 bits per heavy atom. The van der Waals surface area contributed by atoms with Crippen LogP contribution in [0.5, 0.6) is 0 Å². The van der Waals surface area contributed by atoms with E-state index in [2.05, 4.69) is 4.98 Å². The Kier molecular flexibility index (Phi) is 7.25. The third-order valence-electron chi connectivity index (χ3n) is 7.98. The molecule has 33 heavy (non-hydrogen) atoms. The van der Waals surface area contributed by atoms with Crippen molar-refractivity contribution in [1.29, 1.82) is 0 Å². The molecule has 2 aliphatic carbocycles. The number of ketones is 1. The number of Topliss-reactive ketones (excluding diaryl/α,β-unsaturated/α-hetero) is 1. The van der Waals surface area contributed by atoms with Crippen molar-refractivity contribution < 1.29 is 18.0 Å². The smallest absolute Gasteiger partial charge is 0.251 e. The zero-order valence-corrected chi connectivity index (χ0v) is 19.6. The number of nitrogens with zero attached hydrogens (tertiary/aromatic N) is 1. The van der Waals surface area contributed by atoms with Crippen LogP contribution in [0.3, 0.4) is 0 Å². The number of carbonyl (C=O) groups is 1. The summed E-state index contributed by atoms with van der Waals surface area (Å²) in [5.41, 5.74) is 1.76. The molecular formula is C28H34F3NO. The van der Waals surface area contributed by atoms with Crippen LogP contribution in [0.4, 0.5) is 13.2 Å². The average Bonchev–Trinajstić information content (AvgIpc) is 3.64. The van der Waals surface area contributed by atoms with E-state index in [-0.39, 0.29) is 17.5 Å². The number of benzene rings is 1. The van der Waals surface area contributed by atoms with Gasteiger partial charge in [-0.3, -0.25) is 9.78 Å². The highest BCUT2D eigenvalue weighted by molar-refractivity contribution is 5.96. The van der Waals surface area contributed by atoms with Gasteiger partial charge in [0.15, 0.2) is 5.78 Å². The molecule has 0 N–H and O–H groups in total. The van der Waals surface area contributed by atoms with Crippen LogP contribution in [0.2, 0.25) is 0 Å². The third-order valence-corrected chi connectivity index (χ3v) is 7.98. The number of hydrogen-bond donors (Lipinski definition) is 0. The van der Waals surface area contributed by atoms with E-state index in [1.54, 1.807) is 36.5 Å². The van der Waals surface area contributed by atoms with Crippen LogP contribution >= 0.6 is 0 Å². The first-order valence-electron chi connectivity index (χ1n) is 12.4. The van der Waals surface area contributed by atoms with Gasteiger partial charge in [-0.05, 0) is 87.3 Å². The monoisotopic (exact) mass is 457 g/mol. The minimum atomic E-state index is -2.79. The lowest BCUT2D eigenvalue weighted by Gasteiger charge is -2.34. The highest BCUT2D eigenvalue weighted by Gasteiger charge is 2.38. The van der Waals surface area contributed by atoms with Crippen molar-refractivity contribution in [2.75, 3.05) is 0 Å². The molecule has 1 heterocycles. The van der Waals surface area contributed by atoms with Crippen molar-refractivity contribution >= 4 is 5.78 Å². The largest absolute Gasteiger partial charge is 0.294 e. The first-order valence-corrected chi connectivity index (χ1v) is 12.4. The summed E-state index contributed by atoms with van der Waals surface area (Å²) in [7, 11) is 0. The summed E-state index contributed by atoms with van der Waals surface area (Å²) in [5.74, 6) is -1.74. The van der Waals surface area contributed by atoms with E-state index in [9.17, 15) is 18.0 Å². The molecule has 2 aromatic rings. The van der Waals surface area contributed by atoms with E-state index < -0.39 is 11.8 Å². The van der Waals surface area contributed by atoms with E-state index in [0.717, 1.165) is 39.0 Å². The first kappa shape index (κ1) is 24.0. The minimum absolute atomic E-state index is 0.0901. The molecule has 2 fully saturated rings. The Bertz CT molecular complexity index is 940. The van der Waals surface area contributed by atoms with Gasteiger partial charge in [-0.15, -0.1) is 0 Å². The normalized spacial score (nSPS) is 23.2. The number of halogens is 3. The zero-order valence-electron chi connectivity index (χ0n) is 19.6. The molecule has 0 saturated heterocycles. The fraction of sp³-hybridized carbons (Fsp3) is 0.571. The second-order valence-corrected chi connectivity index (χ2v) is 10.2. The van der Waals surface area contributed by atoms with Gasteiger partial charge in [0.2, 0.25) is 0 Å². The van der Waals surface area contributed by atoms with E-state index in [0.29, 0.717) is 41.0 Å². The molecule has 2 aliphatic rings. The molecule has 4 rings (SSSR count). The number of pyridine rings is 1. The summed E-state index contributed by atoms with van der Waals surface area (Å²) in [6, 6.07) is 9.83. The van der Waals surface area contributed by atoms with Crippen molar-refractivity contribution in [1.82, 2.24) is 4.98 Å². The van der Waals surface area contributed by atoms with Crippen LogP contribution in [0, 0.1) is 23.6 Å². The van der Waals surface area contributed by atoms with E-state index >= 15 is 0 Å². The second-order valence-electron chi connectivity index (χ2n) is 10.2. The molecule has 2 atom stereocenters. The van der Waals surface area contributed by atoms with Gasteiger partial charge in [-0.2, -0.15) is 0 Å². The van der Waals surface area contributed by atoms with Gasteiger partial charge in [0.1, 0.15) is 5.82 Å². The van der Waals surface area contributed by atoms with Crippen LogP contribution in [0.1, 0.15) is 98.7 Å². The summed E-state index contributed by atoms with van der Waals surface area (Å²) in [6.45, 7) is 2.43. The van der Waals surface area contributed by atoms with Crippen molar-refractivity contribution in [2.24, 2.45) is 17.8 Å². The van der Waals surface area contributed by atoms with Crippen molar-refractivity contribution in [2.45, 2.75) is 83.0 Å². The molecule has 1 aromatic heterocycles. The molecule has 0 amide bonds. The number of aromatic nitrogens is 1. The summed E-state index contributed by atoms with van der Waals surface area (Å²) < 4.78 is 41.3. The molecule has 0 aliphatic heterocycles. The number of hydrogen-bond acceptors (Lipinski definition) is 2. The van der Waals surface area contributed by atoms with Gasteiger partial charge in [-0.25, -0.2) is 13.2 Å². The summed E-state index contributed by atoms with van der Waals surface area (Å²) >= 11 is 0. The minimum Gasteiger partial charge on any atom is -0.294 e. The molecule has 0 radical (unpaired) electrons. The Morgan fingerprint density at radius 3 is 2.18 bits per heavy atom. The third kappa shape index (κ3) is 5.85. The summed E-state index contributed by atoms with van der Waals surface area (Å²) in [6.07, 6.45) is 9.56. The molecule has 0 spiro atoms. The Balaban J connectivity index is 1.32. The summed E-state index contributed by atoms with van der Waals surface area (Å²) in [5, 5.41) is 0. The number of rotatable bonds is 9. The van der Waals surface area contributed by atoms with E-state index in [1.807, 2.05) is 0 Å². The molecule has 2 saturated carbocycles. The topological polar surface area (TPSA) is 30.0 Å². The predicted octanol–water partition coefficient (Wildman–Crippen LogP) is 7.94. The average molecular weight is 458 g/mol. The Hall–Kier alpha value is -2.17. The molecule has 178 valence electrons. The molecular weight excluding hydrogens is 423 g/mol. The van der Waals surface area contributed by atoms with Gasteiger partial charge in [0.05, 0.1) is 5.69 Å². The van der Waals surface area contributed by atoms with Crippen LogP contribution in [-0.4, -0.2) is 16.7 Å². The molecule has 1 unspecified atom stereocenters. The predicted molar refractivity (Wildman–Crippen MR) is 124 cm³/mol. The van der Waals surface area contributed by atoms with Crippen molar-refractivity contribution in [3.63, 3.8) is 0 Å². The van der Waals surface area contributed by atoms with Gasteiger partial charge in [0, 0.05) is 30.0 Å². The van der Waals surface area contributed by atoms with Gasteiger partial charge >= 0.3 is 0 Å². The second kappa shape index (κ2) is 9.99. The quantitative estimate of drug-likeness (QED) is 0.358. The Morgan fingerprint density at radius 2 is 1.64 bits per heavy atom. The first-order chi connectivity index (χ1) is 15.7. The van der Waals surface area contributed by atoms with Gasteiger partial charge in [0.25, 0.3) is 5.92 Å². The lowest BCUT2D eigenvalue weighted by atomic mass is 9.71. The zero-order chi connectivity index (χ0) is 23.6. The fourth-order valence-electron chi connectivity index (χ4n) is 5.59. The standard InChI is InChI=1S/C28H34F3NO/c1-18(28(2,30)31)19-5-11-22(12-6-19)26(33)16-15-24(20-7-8-20)21-9-13-23(14-10-21)27-25(29)4-3-17-32-27/h3-6,11-12,17-18,20-21,23-24H,7-10,13-16H2,1-2H3/t18-,21?,23?,24?/m1/s1. The highest BCUT2D eigenvalue weighted by Crippen LogP contribution is 2.49. The lowest BCUT2D eigenvalue weighted by molar-refractivity contribution is -0.00222. The van der Waals surface area contributed by atoms with Crippen LogP contribution < -0.4 is 0 Å². The van der Waals surface area contributed by atoms with Crippen molar-refractivity contribution in [3.8, 4) is 0 Å². The fourth-order valence-corrected chi connectivity index (χ4v) is 5.59. The highest BCUT2D eigenvalue weighted by atomic mass is 19.3. The maximum Gasteiger partial charge on any atom is 0.251 e. The van der Waals surface area contributed by atoms with Crippen molar-refractivity contribution in [3.05, 3.63) is 65.2 Å². The van der Waals surface area contributed by atoms with Gasteiger partial charge < -0.3 is 0 Å². The molecule has 0 bridgehead atoms. The Labute approximate surface area is 195 Å². The maximum atomic E-state index is 14.1. The van der Waals surface area contributed by atoms with Crippen LogP contribution in [0.15, 0.2) is 42.6 Å². The molecule has 2 nitrogen and oxygen atoms in total. The number of alkyl halides is 2.